The van der Waals surface area contributed by atoms with Gasteiger partial charge < -0.3 is 9.22 Å². The summed E-state index contributed by atoms with van der Waals surface area (Å²) in [5.74, 6) is -0.292. The first-order chi connectivity index (χ1) is 7.40. The van der Waals surface area contributed by atoms with Gasteiger partial charge in [-0.25, -0.2) is 0 Å². The number of hydrogen-bond acceptors (Lipinski definition) is 2. The Bertz CT molecular complexity index is 251. The number of esters is 1. The second kappa shape index (κ2) is 7.23. The fourth-order valence-electron chi connectivity index (χ4n) is 1.12. The van der Waals surface area contributed by atoms with Crippen molar-refractivity contribution in [3.05, 3.63) is 24.8 Å². The van der Waals surface area contributed by atoms with Crippen LogP contribution in [0.15, 0.2) is 24.8 Å². The van der Waals surface area contributed by atoms with E-state index in [-0.39, 0.29) is 11.9 Å². The standard InChI is InChI=1S/C13H24NO2/c1-6-8-9-12(7-2)13(15)16-11-10-14(3,4)5/h6,8-9,12H,1,7,10-11H2,2-5H3/q+1/b9-8-. The molecular weight excluding hydrogens is 202 g/mol. The second-order valence-electron chi connectivity index (χ2n) is 4.82. The molecule has 0 rings (SSSR count). The highest BCUT2D eigenvalue weighted by molar-refractivity contribution is 5.74. The Morgan fingerprint density at radius 2 is 2.06 bits per heavy atom. The predicted octanol–water partition coefficient (Wildman–Crippen LogP) is 2.00. The minimum absolute atomic E-state index is 0.144. The summed E-state index contributed by atoms with van der Waals surface area (Å²) in [6.07, 6.45) is 6.05. The Kier molecular flexibility index (Phi) is 6.74. The van der Waals surface area contributed by atoms with Crippen LogP contribution in [-0.2, 0) is 9.53 Å². The van der Waals surface area contributed by atoms with Crippen molar-refractivity contribution in [1.82, 2.24) is 0 Å². The Hall–Kier alpha value is -1.09. The van der Waals surface area contributed by atoms with Gasteiger partial charge in [0.05, 0.1) is 27.1 Å². The third kappa shape index (κ3) is 7.23. The van der Waals surface area contributed by atoms with Crippen LogP contribution >= 0.6 is 0 Å². The number of nitrogens with zero attached hydrogens (tertiary/aromatic N) is 1. The lowest BCUT2D eigenvalue weighted by Crippen LogP contribution is -2.38. The van der Waals surface area contributed by atoms with Crippen molar-refractivity contribution >= 4 is 5.97 Å². The fourth-order valence-corrected chi connectivity index (χ4v) is 1.12. The number of likely N-dealkylation sites (N-methyl/N-ethyl adjacent to an activating group) is 1. The number of carbonyl (C=O) groups is 1. The summed E-state index contributed by atoms with van der Waals surface area (Å²) in [6, 6.07) is 0. The Morgan fingerprint density at radius 3 is 2.50 bits per heavy atom. The van der Waals surface area contributed by atoms with Crippen LogP contribution in [0.1, 0.15) is 13.3 Å². The molecule has 0 aliphatic heterocycles. The molecule has 0 aliphatic rings. The molecule has 0 aromatic carbocycles. The van der Waals surface area contributed by atoms with Crippen molar-refractivity contribution in [2.24, 2.45) is 5.92 Å². The highest BCUT2D eigenvalue weighted by Gasteiger charge is 2.15. The lowest BCUT2D eigenvalue weighted by atomic mass is 10.1. The van der Waals surface area contributed by atoms with E-state index in [9.17, 15) is 4.79 Å². The van der Waals surface area contributed by atoms with E-state index in [1.165, 1.54) is 0 Å². The molecule has 0 saturated carbocycles. The van der Waals surface area contributed by atoms with E-state index in [1.807, 2.05) is 13.0 Å². The molecule has 0 bridgehead atoms. The van der Waals surface area contributed by atoms with E-state index >= 15 is 0 Å². The van der Waals surface area contributed by atoms with Crippen LogP contribution in [0.4, 0.5) is 0 Å². The summed E-state index contributed by atoms with van der Waals surface area (Å²) in [5.41, 5.74) is 0. The molecule has 1 atom stereocenters. The normalized spacial score (nSPS) is 13.8. The summed E-state index contributed by atoms with van der Waals surface area (Å²) in [6.45, 7) is 6.85. The predicted molar refractivity (Wildman–Crippen MR) is 67.0 cm³/mol. The van der Waals surface area contributed by atoms with Crippen LogP contribution in [0.3, 0.4) is 0 Å². The lowest BCUT2D eigenvalue weighted by molar-refractivity contribution is -0.870. The van der Waals surface area contributed by atoms with Gasteiger partial charge in [0.15, 0.2) is 0 Å². The van der Waals surface area contributed by atoms with Gasteiger partial charge in [0.2, 0.25) is 0 Å². The van der Waals surface area contributed by atoms with Gasteiger partial charge in [-0.2, -0.15) is 0 Å². The zero-order valence-corrected chi connectivity index (χ0v) is 10.9. The number of hydrogen-bond donors (Lipinski definition) is 0. The summed E-state index contributed by atoms with van der Waals surface area (Å²) in [7, 11) is 6.22. The van der Waals surface area contributed by atoms with Crippen molar-refractivity contribution in [1.29, 1.82) is 0 Å². The van der Waals surface area contributed by atoms with E-state index in [4.69, 9.17) is 4.74 Å². The fraction of sp³-hybridized carbons (Fsp3) is 0.615. The number of carbonyl (C=O) groups excluding carboxylic acids is 1. The molecule has 0 spiro atoms. The van der Waals surface area contributed by atoms with Gasteiger partial charge in [0, 0.05) is 0 Å². The van der Waals surface area contributed by atoms with Crippen LogP contribution < -0.4 is 0 Å². The molecular formula is C13H24NO2+. The zero-order chi connectivity index (χ0) is 12.6. The molecule has 3 nitrogen and oxygen atoms in total. The maximum absolute atomic E-state index is 11.7. The van der Waals surface area contributed by atoms with Gasteiger partial charge >= 0.3 is 5.97 Å². The van der Waals surface area contributed by atoms with Crippen LogP contribution in [0, 0.1) is 5.92 Å². The first-order valence-electron chi connectivity index (χ1n) is 5.67. The van der Waals surface area contributed by atoms with Gasteiger partial charge in [-0.15, -0.1) is 0 Å². The molecule has 0 aliphatic carbocycles. The summed E-state index contributed by atoms with van der Waals surface area (Å²) < 4.78 is 6.03. The first-order valence-corrected chi connectivity index (χ1v) is 5.67. The minimum Gasteiger partial charge on any atom is -0.459 e. The topological polar surface area (TPSA) is 26.3 Å². The van der Waals surface area contributed by atoms with Crippen LogP contribution in [0.25, 0.3) is 0 Å². The van der Waals surface area contributed by atoms with Gasteiger partial charge in [-0.05, 0) is 6.42 Å². The maximum Gasteiger partial charge on any atom is 0.312 e. The molecule has 0 fully saturated rings. The first kappa shape index (κ1) is 14.9. The smallest absolute Gasteiger partial charge is 0.312 e. The molecule has 3 heteroatoms. The number of allylic oxidation sites excluding steroid dienone is 2. The Labute approximate surface area is 99.0 Å². The number of quaternary nitrogens is 1. The van der Waals surface area contributed by atoms with E-state index in [0.29, 0.717) is 6.61 Å². The molecule has 0 N–H and O–H groups in total. The molecule has 0 heterocycles. The highest BCUT2D eigenvalue weighted by Crippen LogP contribution is 2.07. The maximum atomic E-state index is 11.7. The quantitative estimate of drug-likeness (QED) is 0.377. The van der Waals surface area contributed by atoms with Gasteiger partial charge in [0.25, 0.3) is 0 Å². The van der Waals surface area contributed by atoms with Crippen LogP contribution in [0.5, 0.6) is 0 Å². The van der Waals surface area contributed by atoms with E-state index < -0.39 is 0 Å². The minimum atomic E-state index is -0.148. The lowest BCUT2D eigenvalue weighted by Gasteiger charge is -2.23. The molecule has 0 aromatic rings. The van der Waals surface area contributed by atoms with E-state index in [2.05, 4.69) is 27.7 Å². The Morgan fingerprint density at radius 1 is 1.44 bits per heavy atom. The number of rotatable bonds is 7. The third-order valence-corrected chi connectivity index (χ3v) is 2.23. The van der Waals surface area contributed by atoms with Crippen molar-refractivity contribution in [2.75, 3.05) is 34.3 Å². The summed E-state index contributed by atoms with van der Waals surface area (Å²) >= 11 is 0. The van der Waals surface area contributed by atoms with E-state index in [1.54, 1.807) is 12.2 Å². The van der Waals surface area contributed by atoms with Crippen molar-refractivity contribution in [3.63, 3.8) is 0 Å². The van der Waals surface area contributed by atoms with Gasteiger partial charge in [-0.1, -0.05) is 31.7 Å². The molecule has 0 aromatic heterocycles. The molecule has 16 heavy (non-hydrogen) atoms. The highest BCUT2D eigenvalue weighted by atomic mass is 16.5. The number of ether oxygens (including phenoxy) is 1. The molecule has 92 valence electrons. The van der Waals surface area contributed by atoms with Crippen molar-refractivity contribution in [3.8, 4) is 0 Å². The molecule has 1 unspecified atom stereocenters. The Balaban J connectivity index is 4.03. The van der Waals surface area contributed by atoms with Crippen LogP contribution in [-0.4, -0.2) is 44.7 Å². The molecule has 0 saturated heterocycles. The summed E-state index contributed by atoms with van der Waals surface area (Å²) in [5, 5.41) is 0. The average molecular weight is 226 g/mol. The zero-order valence-electron chi connectivity index (χ0n) is 10.9. The largest absolute Gasteiger partial charge is 0.459 e. The second-order valence-corrected chi connectivity index (χ2v) is 4.82. The van der Waals surface area contributed by atoms with E-state index in [0.717, 1.165) is 17.4 Å². The molecule has 0 radical (unpaired) electrons. The van der Waals surface area contributed by atoms with Gasteiger partial charge in [-0.3, -0.25) is 4.79 Å². The SMILES string of the molecule is C=C/C=C\C(CC)C(=O)OCC[N+](C)(C)C. The van der Waals surface area contributed by atoms with Crippen molar-refractivity contribution in [2.45, 2.75) is 13.3 Å². The van der Waals surface area contributed by atoms with Crippen molar-refractivity contribution < 1.29 is 14.0 Å². The molecule has 0 amide bonds. The monoisotopic (exact) mass is 226 g/mol. The van der Waals surface area contributed by atoms with Gasteiger partial charge in [0.1, 0.15) is 13.2 Å². The summed E-state index contributed by atoms with van der Waals surface area (Å²) in [4.78, 5) is 11.7. The average Bonchev–Trinajstić information content (AvgIpc) is 2.17. The van der Waals surface area contributed by atoms with Crippen LogP contribution in [0.2, 0.25) is 0 Å². The third-order valence-electron chi connectivity index (χ3n) is 2.23.